The summed E-state index contributed by atoms with van der Waals surface area (Å²) in [5.74, 6) is 0.737. The van der Waals surface area contributed by atoms with E-state index < -0.39 is 0 Å². The first kappa shape index (κ1) is 24.8. The van der Waals surface area contributed by atoms with E-state index in [9.17, 15) is 10.1 Å². The van der Waals surface area contributed by atoms with Crippen LogP contribution in [0.4, 0.5) is 10.5 Å². The van der Waals surface area contributed by atoms with Gasteiger partial charge in [-0.1, -0.05) is 42.5 Å². The highest BCUT2D eigenvalue weighted by molar-refractivity contribution is 5.96. The number of benzene rings is 3. The van der Waals surface area contributed by atoms with E-state index in [2.05, 4.69) is 28.2 Å². The fraction of sp³-hybridized carbons (Fsp3) is 0.241. The maximum Gasteiger partial charge on any atom is 0.319 e. The number of fused-ring (bicyclic) bond motifs is 1. The highest BCUT2D eigenvalue weighted by atomic mass is 16.5. The van der Waals surface area contributed by atoms with Crippen LogP contribution in [0, 0.1) is 11.3 Å². The van der Waals surface area contributed by atoms with Gasteiger partial charge in [0.25, 0.3) is 0 Å². The largest absolute Gasteiger partial charge is 0.491 e. The first-order valence-corrected chi connectivity index (χ1v) is 12.0. The number of nitriles is 1. The lowest BCUT2D eigenvalue weighted by atomic mass is 10.1. The number of nitrogens with zero attached hydrogens (tertiary/aromatic N) is 2. The van der Waals surface area contributed by atoms with Crippen molar-refractivity contribution in [3.8, 4) is 23.1 Å². The van der Waals surface area contributed by atoms with E-state index in [0.717, 1.165) is 34.3 Å². The number of nitrogens with one attached hydrogen (secondary N) is 2. The lowest BCUT2D eigenvalue weighted by Crippen LogP contribution is -2.30. The average molecular weight is 483 g/mol. The van der Waals surface area contributed by atoms with Crippen LogP contribution in [0.15, 0.2) is 72.8 Å². The minimum absolute atomic E-state index is 0.250. The molecule has 184 valence electrons. The predicted molar refractivity (Wildman–Crippen MR) is 142 cm³/mol. The van der Waals surface area contributed by atoms with E-state index >= 15 is 0 Å². The average Bonchev–Trinajstić information content (AvgIpc) is 3.22. The molecule has 2 N–H and O–H groups in total. The van der Waals surface area contributed by atoms with Crippen LogP contribution in [-0.4, -0.2) is 37.5 Å². The van der Waals surface area contributed by atoms with Gasteiger partial charge < -0.3 is 24.7 Å². The summed E-state index contributed by atoms with van der Waals surface area (Å²) in [5, 5.41) is 16.6. The van der Waals surface area contributed by atoms with Gasteiger partial charge in [0.2, 0.25) is 0 Å². The number of methoxy groups -OCH3 is 1. The van der Waals surface area contributed by atoms with Crippen molar-refractivity contribution in [3.63, 3.8) is 0 Å². The summed E-state index contributed by atoms with van der Waals surface area (Å²) in [6.07, 6.45) is 0.769. The molecule has 36 heavy (non-hydrogen) atoms. The normalized spacial score (nSPS) is 10.7. The van der Waals surface area contributed by atoms with Crippen molar-refractivity contribution in [3.05, 3.63) is 83.9 Å². The Hall–Kier alpha value is -4.28. The number of urea groups is 1. The monoisotopic (exact) mass is 482 g/mol. The molecule has 3 aromatic carbocycles. The zero-order valence-corrected chi connectivity index (χ0v) is 20.6. The van der Waals surface area contributed by atoms with Crippen molar-refractivity contribution in [2.45, 2.75) is 19.9 Å². The van der Waals surface area contributed by atoms with Crippen LogP contribution in [0.3, 0.4) is 0 Å². The van der Waals surface area contributed by atoms with Crippen LogP contribution in [0.2, 0.25) is 0 Å². The molecule has 0 radical (unpaired) electrons. The van der Waals surface area contributed by atoms with E-state index in [1.807, 2.05) is 72.8 Å². The SMILES string of the molecule is CCn1c(-c2ccc(NC(=O)NCCc3ccccc3)cc2)c(C#N)c2ccc(OCCOC)cc21. The third-order valence-corrected chi connectivity index (χ3v) is 5.98. The molecule has 4 aromatic rings. The first-order chi connectivity index (χ1) is 17.6. The van der Waals surface area contributed by atoms with E-state index in [4.69, 9.17) is 9.47 Å². The molecule has 7 nitrogen and oxygen atoms in total. The zero-order chi connectivity index (χ0) is 25.3. The maximum absolute atomic E-state index is 12.3. The van der Waals surface area contributed by atoms with Crippen LogP contribution in [0.1, 0.15) is 18.1 Å². The molecule has 0 aliphatic rings. The topological polar surface area (TPSA) is 88.3 Å². The van der Waals surface area contributed by atoms with Crippen molar-refractivity contribution < 1.29 is 14.3 Å². The summed E-state index contributed by atoms with van der Waals surface area (Å²) in [6.45, 7) is 4.26. The van der Waals surface area contributed by atoms with Gasteiger partial charge in [-0.2, -0.15) is 5.26 Å². The molecular formula is C29H30N4O3. The van der Waals surface area contributed by atoms with Crippen molar-refractivity contribution in [2.24, 2.45) is 0 Å². The highest BCUT2D eigenvalue weighted by Crippen LogP contribution is 2.35. The summed E-state index contributed by atoms with van der Waals surface area (Å²) in [5.41, 5.74) is 5.18. The number of anilines is 1. The number of hydrogen-bond donors (Lipinski definition) is 2. The summed E-state index contributed by atoms with van der Waals surface area (Å²) in [6, 6.07) is 25.5. The van der Waals surface area contributed by atoms with E-state index in [1.165, 1.54) is 5.56 Å². The molecule has 0 saturated heterocycles. The quantitative estimate of drug-likeness (QED) is 0.289. The van der Waals surface area contributed by atoms with Gasteiger partial charge in [-0.15, -0.1) is 0 Å². The lowest BCUT2D eigenvalue weighted by molar-refractivity contribution is 0.146. The molecule has 7 heteroatoms. The van der Waals surface area contributed by atoms with Crippen LogP contribution in [-0.2, 0) is 17.7 Å². The molecule has 0 unspecified atom stereocenters. The second-order valence-electron chi connectivity index (χ2n) is 8.29. The maximum atomic E-state index is 12.3. The van der Waals surface area contributed by atoms with Gasteiger partial charge >= 0.3 is 6.03 Å². The van der Waals surface area contributed by atoms with E-state index in [-0.39, 0.29) is 6.03 Å². The number of rotatable bonds is 10. The third kappa shape index (κ3) is 5.68. The number of carbonyl (C=O) groups excluding carboxylic acids is 1. The Morgan fingerprint density at radius 1 is 1.03 bits per heavy atom. The van der Waals surface area contributed by atoms with Gasteiger partial charge in [0.1, 0.15) is 18.4 Å². The molecular weight excluding hydrogens is 452 g/mol. The van der Waals surface area contributed by atoms with Crippen molar-refractivity contribution in [1.82, 2.24) is 9.88 Å². The second-order valence-corrected chi connectivity index (χ2v) is 8.29. The molecule has 0 fully saturated rings. The van der Waals surface area contributed by atoms with Crippen LogP contribution in [0.25, 0.3) is 22.2 Å². The minimum atomic E-state index is -0.250. The number of amides is 2. The highest BCUT2D eigenvalue weighted by Gasteiger charge is 2.18. The Bertz CT molecular complexity index is 1360. The van der Waals surface area contributed by atoms with E-state index in [0.29, 0.717) is 37.6 Å². The second kappa shape index (κ2) is 11.9. The molecule has 0 aliphatic carbocycles. The van der Waals surface area contributed by atoms with Crippen molar-refractivity contribution in [2.75, 3.05) is 32.2 Å². The molecule has 1 aromatic heterocycles. The fourth-order valence-corrected chi connectivity index (χ4v) is 4.26. The minimum Gasteiger partial charge on any atom is -0.491 e. The van der Waals surface area contributed by atoms with Gasteiger partial charge in [0.05, 0.1) is 23.4 Å². The number of hydrogen-bond acceptors (Lipinski definition) is 4. The van der Waals surface area contributed by atoms with E-state index in [1.54, 1.807) is 7.11 Å². The lowest BCUT2D eigenvalue weighted by Gasteiger charge is -2.11. The standard InChI is InChI=1S/C29H30N4O3/c1-3-33-27-19-24(36-18-17-35-2)13-14-25(27)26(20-30)28(33)22-9-11-23(12-10-22)32-29(34)31-16-15-21-7-5-4-6-8-21/h4-14,19H,3,15-18H2,1-2H3,(H2,31,32,34). The van der Waals surface area contributed by atoms with Gasteiger partial charge in [-0.25, -0.2) is 4.79 Å². The molecule has 0 aliphatic heterocycles. The Kier molecular flexibility index (Phi) is 8.22. The Morgan fingerprint density at radius 3 is 2.50 bits per heavy atom. The summed E-state index contributed by atoms with van der Waals surface area (Å²) < 4.78 is 13.0. The molecule has 4 rings (SSSR count). The van der Waals surface area contributed by atoms with Gasteiger partial charge in [-0.05, 0) is 48.7 Å². The molecule has 1 heterocycles. The Labute approximate surface area is 211 Å². The third-order valence-electron chi connectivity index (χ3n) is 5.98. The number of ether oxygens (including phenoxy) is 2. The number of aryl methyl sites for hydroxylation is 1. The smallest absolute Gasteiger partial charge is 0.319 e. The summed E-state index contributed by atoms with van der Waals surface area (Å²) in [4.78, 5) is 12.3. The zero-order valence-electron chi connectivity index (χ0n) is 20.6. The van der Waals surface area contributed by atoms with Crippen LogP contribution < -0.4 is 15.4 Å². The fourth-order valence-electron chi connectivity index (χ4n) is 4.26. The molecule has 0 atom stereocenters. The number of carbonyl (C=O) groups is 1. The Balaban J connectivity index is 1.50. The number of aromatic nitrogens is 1. The van der Waals surface area contributed by atoms with Crippen molar-refractivity contribution in [1.29, 1.82) is 5.26 Å². The summed E-state index contributed by atoms with van der Waals surface area (Å²) in [7, 11) is 1.64. The van der Waals surface area contributed by atoms with Crippen LogP contribution in [0.5, 0.6) is 5.75 Å². The first-order valence-electron chi connectivity index (χ1n) is 12.0. The molecule has 2 amide bonds. The Morgan fingerprint density at radius 2 is 1.81 bits per heavy atom. The van der Waals surface area contributed by atoms with Crippen LogP contribution >= 0.6 is 0 Å². The van der Waals surface area contributed by atoms with Gasteiger partial charge in [0.15, 0.2) is 0 Å². The van der Waals surface area contributed by atoms with Gasteiger partial charge in [-0.3, -0.25) is 0 Å². The molecule has 0 saturated carbocycles. The van der Waals surface area contributed by atoms with Crippen molar-refractivity contribution >= 4 is 22.6 Å². The molecule has 0 bridgehead atoms. The predicted octanol–water partition coefficient (Wildman–Crippen LogP) is 5.59. The van der Waals surface area contributed by atoms with Gasteiger partial charge in [0, 0.05) is 37.3 Å². The summed E-state index contributed by atoms with van der Waals surface area (Å²) >= 11 is 0. The molecule has 0 spiro atoms.